The van der Waals surface area contributed by atoms with Gasteiger partial charge < -0.3 is 25.8 Å². The highest BCUT2D eigenvalue weighted by Crippen LogP contribution is 2.26. The zero-order valence-electron chi connectivity index (χ0n) is 16.8. The van der Waals surface area contributed by atoms with Gasteiger partial charge in [0.15, 0.2) is 11.5 Å². The van der Waals surface area contributed by atoms with Crippen molar-refractivity contribution in [3.63, 3.8) is 0 Å². The van der Waals surface area contributed by atoms with E-state index in [9.17, 15) is 9.59 Å². The van der Waals surface area contributed by atoms with Gasteiger partial charge in [-0.3, -0.25) is 9.59 Å². The number of nitrogens with two attached hydrogens (primary N) is 1. The van der Waals surface area contributed by atoms with Gasteiger partial charge in [-0.15, -0.1) is 5.10 Å². The van der Waals surface area contributed by atoms with Gasteiger partial charge in [0.2, 0.25) is 5.91 Å². The van der Waals surface area contributed by atoms with Crippen LogP contribution >= 0.6 is 0 Å². The smallest absolute Gasteiger partial charge is 0.280 e. The molecule has 0 spiro atoms. The number of nitrogens with one attached hydrogen (secondary N) is 2. The zero-order chi connectivity index (χ0) is 21.7. The second-order valence-electron chi connectivity index (χ2n) is 6.45. The summed E-state index contributed by atoms with van der Waals surface area (Å²) in [5.41, 5.74) is 8.04. The highest BCUT2D eigenvalue weighted by molar-refractivity contribution is 6.06. The van der Waals surface area contributed by atoms with Gasteiger partial charge in [-0.1, -0.05) is 22.9 Å². The molecule has 0 saturated carbocycles. The van der Waals surface area contributed by atoms with Gasteiger partial charge in [0, 0.05) is 29.6 Å². The number of amides is 2. The number of rotatable bonds is 7. The van der Waals surface area contributed by atoms with Gasteiger partial charge in [0.05, 0.1) is 14.2 Å². The number of hydrogen-bond donors (Lipinski definition) is 3. The molecule has 10 heteroatoms. The Hall–Kier alpha value is -4.08. The van der Waals surface area contributed by atoms with E-state index in [1.807, 2.05) is 19.1 Å². The summed E-state index contributed by atoms with van der Waals surface area (Å²) in [6.07, 6.45) is 0. The number of benzene rings is 2. The zero-order valence-corrected chi connectivity index (χ0v) is 16.8. The molecule has 1 aromatic heterocycles. The van der Waals surface area contributed by atoms with Crippen LogP contribution < -0.4 is 25.8 Å². The van der Waals surface area contributed by atoms with E-state index >= 15 is 0 Å². The van der Waals surface area contributed by atoms with E-state index in [1.165, 1.54) is 14.2 Å². The largest absolute Gasteiger partial charge is 0.497 e. The molecular weight excluding hydrogens is 388 g/mol. The van der Waals surface area contributed by atoms with Gasteiger partial charge in [0.25, 0.3) is 5.91 Å². The predicted molar refractivity (Wildman–Crippen MR) is 112 cm³/mol. The number of carbonyl (C=O) groups is 2. The molecule has 4 N–H and O–H groups in total. The van der Waals surface area contributed by atoms with Crippen LogP contribution in [-0.2, 0) is 11.3 Å². The number of ether oxygens (including phenoxy) is 2. The molecule has 1 heterocycles. The molecule has 0 unspecified atom stereocenters. The highest BCUT2D eigenvalue weighted by Gasteiger charge is 2.19. The minimum atomic E-state index is -0.576. The van der Waals surface area contributed by atoms with E-state index in [4.69, 9.17) is 15.2 Å². The minimum Gasteiger partial charge on any atom is -0.497 e. The van der Waals surface area contributed by atoms with Crippen molar-refractivity contribution in [2.75, 3.05) is 30.6 Å². The van der Waals surface area contributed by atoms with E-state index in [1.54, 1.807) is 30.3 Å². The molecule has 0 saturated heterocycles. The van der Waals surface area contributed by atoms with Crippen LogP contribution in [0.3, 0.4) is 0 Å². The summed E-state index contributed by atoms with van der Waals surface area (Å²) in [7, 11) is 3.01. The third kappa shape index (κ3) is 4.85. The van der Waals surface area contributed by atoms with Crippen LogP contribution in [0.25, 0.3) is 0 Å². The Morgan fingerprint density at radius 2 is 1.63 bits per heavy atom. The van der Waals surface area contributed by atoms with Crippen LogP contribution in [0, 0.1) is 6.92 Å². The standard InChI is InChI=1S/C20H22N6O4/c1-12-4-6-13(7-5-12)22-17(27)11-26-19(21)18(24-25-26)20(28)23-14-8-15(29-2)10-16(9-14)30-3/h4-10H,11,21H2,1-3H3,(H,22,27)(H,23,28). The Morgan fingerprint density at radius 1 is 1.00 bits per heavy atom. The number of nitrogens with zero attached hydrogens (tertiary/aromatic N) is 3. The number of aryl methyl sites for hydroxylation is 1. The second-order valence-corrected chi connectivity index (χ2v) is 6.45. The molecular formula is C20H22N6O4. The molecule has 0 atom stereocenters. The fourth-order valence-electron chi connectivity index (χ4n) is 2.64. The van der Waals surface area contributed by atoms with E-state index in [0.717, 1.165) is 10.2 Å². The number of nitrogen functional groups attached to an aromatic ring is 1. The van der Waals surface area contributed by atoms with Crippen LogP contribution in [0.4, 0.5) is 17.2 Å². The Kier molecular flexibility index (Phi) is 6.16. The Labute approximate surface area is 173 Å². The lowest BCUT2D eigenvalue weighted by Crippen LogP contribution is -2.21. The molecule has 156 valence electrons. The molecule has 0 aliphatic heterocycles. The molecule has 2 aromatic carbocycles. The lowest BCUT2D eigenvalue weighted by Gasteiger charge is -2.09. The van der Waals surface area contributed by atoms with Crippen LogP contribution in [0.2, 0.25) is 0 Å². The topological polar surface area (TPSA) is 133 Å². The molecule has 0 fully saturated rings. The average Bonchev–Trinajstić information content (AvgIpc) is 3.09. The van der Waals surface area contributed by atoms with Crippen molar-refractivity contribution in [2.24, 2.45) is 0 Å². The summed E-state index contributed by atoms with van der Waals surface area (Å²) in [5, 5.41) is 13.0. The van der Waals surface area contributed by atoms with Gasteiger partial charge in [-0.25, -0.2) is 4.68 Å². The summed E-state index contributed by atoms with van der Waals surface area (Å²) in [6.45, 7) is 1.77. The van der Waals surface area contributed by atoms with Crippen LogP contribution in [0.1, 0.15) is 16.1 Å². The van der Waals surface area contributed by atoms with Crippen LogP contribution in [-0.4, -0.2) is 41.0 Å². The molecule has 10 nitrogen and oxygen atoms in total. The summed E-state index contributed by atoms with van der Waals surface area (Å²) in [4.78, 5) is 24.8. The van der Waals surface area contributed by atoms with Crippen molar-refractivity contribution in [2.45, 2.75) is 13.5 Å². The van der Waals surface area contributed by atoms with E-state index in [2.05, 4.69) is 20.9 Å². The number of anilines is 3. The Balaban J connectivity index is 1.69. The molecule has 0 aliphatic carbocycles. The maximum atomic E-state index is 12.6. The Morgan fingerprint density at radius 3 is 2.23 bits per heavy atom. The predicted octanol–water partition coefficient (Wildman–Crippen LogP) is 2.08. The van der Waals surface area contributed by atoms with Crippen molar-refractivity contribution in [1.29, 1.82) is 0 Å². The van der Waals surface area contributed by atoms with E-state index < -0.39 is 5.91 Å². The normalized spacial score (nSPS) is 10.4. The number of hydrogen-bond acceptors (Lipinski definition) is 7. The molecule has 0 radical (unpaired) electrons. The lowest BCUT2D eigenvalue weighted by molar-refractivity contribution is -0.116. The van der Waals surface area contributed by atoms with E-state index in [-0.39, 0.29) is 24.0 Å². The molecule has 0 bridgehead atoms. The van der Waals surface area contributed by atoms with Crippen molar-refractivity contribution in [1.82, 2.24) is 15.0 Å². The van der Waals surface area contributed by atoms with Gasteiger partial charge >= 0.3 is 0 Å². The van der Waals surface area contributed by atoms with Gasteiger partial charge in [-0.2, -0.15) is 0 Å². The van der Waals surface area contributed by atoms with Crippen molar-refractivity contribution < 1.29 is 19.1 Å². The van der Waals surface area contributed by atoms with Crippen molar-refractivity contribution in [3.05, 3.63) is 53.7 Å². The fraction of sp³-hybridized carbons (Fsp3) is 0.200. The van der Waals surface area contributed by atoms with Crippen LogP contribution in [0.15, 0.2) is 42.5 Å². The summed E-state index contributed by atoms with van der Waals surface area (Å²) < 4.78 is 11.5. The minimum absolute atomic E-state index is 0.0265. The summed E-state index contributed by atoms with van der Waals surface area (Å²) >= 11 is 0. The molecule has 0 aliphatic rings. The molecule has 30 heavy (non-hydrogen) atoms. The SMILES string of the molecule is COc1cc(NC(=O)c2nnn(CC(=O)Nc3ccc(C)cc3)c2N)cc(OC)c1. The summed E-state index contributed by atoms with van der Waals surface area (Å²) in [6, 6.07) is 12.3. The molecule has 3 aromatic rings. The van der Waals surface area contributed by atoms with Crippen molar-refractivity contribution in [3.8, 4) is 11.5 Å². The number of aromatic nitrogens is 3. The first-order valence-corrected chi connectivity index (χ1v) is 8.99. The monoisotopic (exact) mass is 410 g/mol. The van der Waals surface area contributed by atoms with Crippen LogP contribution in [0.5, 0.6) is 11.5 Å². The second kappa shape index (κ2) is 8.95. The first-order valence-electron chi connectivity index (χ1n) is 8.99. The molecule has 3 rings (SSSR count). The highest BCUT2D eigenvalue weighted by atomic mass is 16.5. The lowest BCUT2D eigenvalue weighted by atomic mass is 10.2. The maximum Gasteiger partial charge on any atom is 0.280 e. The van der Waals surface area contributed by atoms with Gasteiger partial charge in [-0.05, 0) is 19.1 Å². The molecule has 2 amide bonds. The fourth-order valence-corrected chi connectivity index (χ4v) is 2.64. The van der Waals surface area contributed by atoms with Crippen molar-refractivity contribution >= 4 is 29.0 Å². The maximum absolute atomic E-state index is 12.6. The summed E-state index contributed by atoms with van der Waals surface area (Å²) in [5.74, 6) is 0.0671. The number of carbonyl (C=O) groups excluding carboxylic acids is 2. The first-order chi connectivity index (χ1) is 14.4. The van der Waals surface area contributed by atoms with Gasteiger partial charge in [0.1, 0.15) is 18.0 Å². The van der Waals surface area contributed by atoms with E-state index in [0.29, 0.717) is 22.9 Å². The average molecular weight is 410 g/mol. The quantitative estimate of drug-likeness (QED) is 0.543. The first kappa shape index (κ1) is 20.6. The third-order valence-electron chi connectivity index (χ3n) is 4.23. The Bertz CT molecular complexity index is 1040. The number of methoxy groups -OCH3 is 2. The third-order valence-corrected chi connectivity index (χ3v) is 4.23.